The summed E-state index contributed by atoms with van der Waals surface area (Å²) in [6.07, 6.45) is 2.64. The van der Waals surface area contributed by atoms with E-state index in [2.05, 4.69) is 19.7 Å². The van der Waals surface area contributed by atoms with Crippen molar-refractivity contribution in [2.24, 2.45) is 0 Å². The zero-order chi connectivity index (χ0) is 16.5. The molecule has 7 nitrogen and oxygen atoms in total. The van der Waals surface area contributed by atoms with Crippen LogP contribution in [0, 0.1) is 0 Å². The average Bonchev–Trinajstić information content (AvgIpc) is 2.90. The van der Waals surface area contributed by atoms with Crippen LogP contribution in [0.2, 0.25) is 0 Å². The number of likely N-dealkylation sites (tertiary alicyclic amines) is 1. The molecule has 1 aliphatic rings. The van der Waals surface area contributed by atoms with Gasteiger partial charge in [0.1, 0.15) is 6.61 Å². The number of amides is 2. The zero-order valence-corrected chi connectivity index (χ0v) is 12.5. The molecule has 0 aliphatic carbocycles. The van der Waals surface area contributed by atoms with E-state index in [9.17, 15) is 14.7 Å². The van der Waals surface area contributed by atoms with E-state index >= 15 is 0 Å². The van der Waals surface area contributed by atoms with E-state index in [0.29, 0.717) is 18.4 Å². The Labute approximate surface area is 130 Å². The Balaban J connectivity index is 2.67. The Morgan fingerprint density at radius 3 is 2.64 bits per heavy atom. The molecule has 1 saturated heterocycles. The van der Waals surface area contributed by atoms with Crippen molar-refractivity contribution in [2.75, 3.05) is 26.3 Å². The van der Waals surface area contributed by atoms with Crippen LogP contribution in [0.4, 0.5) is 4.79 Å². The van der Waals surface area contributed by atoms with Crippen LogP contribution in [0.1, 0.15) is 6.42 Å². The van der Waals surface area contributed by atoms with Crippen molar-refractivity contribution in [2.45, 2.75) is 18.6 Å². The lowest BCUT2D eigenvalue weighted by molar-refractivity contribution is -0.165. The second kappa shape index (κ2) is 9.01. The summed E-state index contributed by atoms with van der Waals surface area (Å²) in [5.41, 5.74) is 0.572. The molecular formula is C15H22N2O5. The van der Waals surface area contributed by atoms with Gasteiger partial charge in [0.05, 0.1) is 31.8 Å². The summed E-state index contributed by atoms with van der Waals surface area (Å²) in [5, 5.41) is 10.9. The molecule has 2 amide bonds. The lowest BCUT2D eigenvalue weighted by atomic mass is 10.1. The van der Waals surface area contributed by atoms with Gasteiger partial charge in [-0.15, -0.1) is 6.58 Å². The van der Waals surface area contributed by atoms with E-state index in [1.165, 1.54) is 17.1 Å². The molecule has 1 aliphatic heterocycles. The van der Waals surface area contributed by atoms with E-state index in [4.69, 9.17) is 9.57 Å². The maximum Gasteiger partial charge on any atom is 0.410 e. The van der Waals surface area contributed by atoms with E-state index in [1.807, 2.05) is 0 Å². The van der Waals surface area contributed by atoms with E-state index in [0.717, 1.165) is 5.06 Å². The fourth-order valence-corrected chi connectivity index (χ4v) is 2.18. The molecular weight excluding hydrogens is 288 g/mol. The molecule has 2 atom stereocenters. The minimum absolute atomic E-state index is 0.0908. The highest BCUT2D eigenvalue weighted by Crippen LogP contribution is 2.24. The molecule has 1 rings (SSSR count). The summed E-state index contributed by atoms with van der Waals surface area (Å²) in [6, 6.07) is -0.415. The fourth-order valence-electron chi connectivity index (χ4n) is 2.18. The number of carbonyl (C=O) groups excluding carboxylic acids is 2. The van der Waals surface area contributed by atoms with Gasteiger partial charge >= 0.3 is 6.09 Å². The van der Waals surface area contributed by atoms with E-state index in [1.54, 1.807) is 0 Å². The second-order valence-electron chi connectivity index (χ2n) is 4.85. The molecule has 0 aromatic carbocycles. The zero-order valence-electron chi connectivity index (χ0n) is 12.5. The average molecular weight is 310 g/mol. The van der Waals surface area contributed by atoms with Crippen LogP contribution in [-0.4, -0.2) is 66.0 Å². The monoisotopic (exact) mass is 310 g/mol. The van der Waals surface area contributed by atoms with Crippen molar-refractivity contribution in [1.82, 2.24) is 9.96 Å². The number of hydrogen-bond donors (Lipinski definition) is 1. The number of β-amino-alcohol motifs (C(OH)–C–C–N with tert-alkyl or cyclic N) is 1. The van der Waals surface area contributed by atoms with E-state index < -0.39 is 18.2 Å². The molecule has 1 fully saturated rings. The predicted molar refractivity (Wildman–Crippen MR) is 80.7 cm³/mol. The molecule has 1 heterocycles. The number of aliphatic hydroxyl groups excluding tert-OH is 1. The van der Waals surface area contributed by atoms with Gasteiger partial charge in [-0.1, -0.05) is 25.3 Å². The highest BCUT2D eigenvalue weighted by molar-refractivity contribution is 5.69. The third-order valence-electron chi connectivity index (χ3n) is 3.14. The Morgan fingerprint density at radius 2 is 2.05 bits per heavy atom. The highest BCUT2D eigenvalue weighted by Gasteiger charge is 2.37. The molecule has 7 heteroatoms. The largest absolute Gasteiger partial charge is 0.445 e. The van der Waals surface area contributed by atoms with Gasteiger partial charge in [-0.2, -0.15) is 0 Å². The van der Waals surface area contributed by atoms with Crippen molar-refractivity contribution >= 4 is 12.5 Å². The minimum Gasteiger partial charge on any atom is -0.445 e. The standard InChI is InChI=1S/C15H22N2O5/c1-4-6-21-15(20)17-10-13(19)8-14(17)12(3)9-16(11-18)22-7-5-2/h4-5,11,13-14,19H,1-3,6-10H2/t13-,14+/m1/s1. The third-order valence-corrected chi connectivity index (χ3v) is 3.14. The first-order valence-corrected chi connectivity index (χ1v) is 6.89. The minimum atomic E-state index is -0.656. The molecule has 22 heavy (non-hydrogen) atoms. The quantitative estimate of drug-likeness (QED) is 0.388. The van der Waals surface area contributed by atoms with Gasteiger partial charge in [0.25, 0.3) is 0 Å². The molecule has 0 aromatic rings. The third kappa shape index (κ3) is 5.01. The van der Waals surface area contributed by atoms with E-state index in [-0.39, 0.29) is 26.3 Å². The Bertz CT molecular complexity index is 438. The molecule has 1 N–H and O–H groups in total. The molecule has 0 aromatic heterocycles. The first-order chi connectivity index (χ1) is 10.5. The smallest absolute Gasteiger partial charge is 0.410 e. The molecule has 0 radical (unpaired) electrons. The molecule has 122 valence electrons. The molecule has 0 unspecified atom stereocenters. The van der Waals surface area contributed by atoms with Gasteiger partial charge in [0.2, 0.25) is 6.41 Å². The Morgan fingerprint density at radius 1 is 1.36 bits per heavy atom. The summed E-state index contributed by atoms with van der Waals surface area (Å²) in [6.45, 7) is 11.4. The first kappa shape index (κ1) is 17.9. The summed E-state index contributed by atoms with van der Waals surface area (Å²) in [5.74, 6) is 0. The molecule has 0 saturated carbocycles. The highest BCUT2D eigenvalue weighted by atomic mass is 16.7. The maximum atomic E-state index is 12.0. The Kier molecular flexibility index (Phi) is 7.34. The van der Waals surface area contributed by atoms with Gasteiger partial charge < -0.3 is 9.84 Å². The Hall–Kier alpha value is -2.12. The van der Waals surface area contributed by atoms with Crippen LogP contribution in [-0.2, 0) is 14.4 Å². The molecule has 0 bridgehead atoms. The van der Waals surface area contributed by atoms with Crippen LogP contribution >= 0.6 is 0 Å². The van der Waals surface area contributed by atoms with Crippen molar-refractivity contribution in [3.63, 3.8) is 0 Å². The summed E-state index contributed by atoms with van der Waals surface area (Å²) >= 11 is 0. The molecule has 0 spiro atoms. The SMILES string of the molecule is C=CCOC(=O)N1C[C@H](O)C[C@H]1C(=C)CN(C=O)OCC=C. The lowest BCUT2D eigenvalue weighted by Crippen LogP contribution is -2.40. The van der Waals surface area contributed by atoms with Gasteiger partial charge in [0, 0.05) is 0 Å². The summed E-state index contributed by atoms with van der Waals surface area (Å²) in [4.78, 5) is 29.4. The van der Waals surface area contributed by atoms with Crippen molar-refractivity contribution in [3.05, 3.63) is 37.5 Å². The summed E-state index contributed by atoms with van der Waals surface area (Å²) < 4.78 is 4.99. The number of rotatable bonds is 9. The second-order valence-corrected chi connectivity index (χ2v) is 4.85. The fraction of sp³-hybridized carbons (Fsp3) is 0.467. The normalized spacial score (nSPS) is 20.3. The van der Waals surface area contributed by atoms with Gasteiger partial charge in [-0.05, 0) is 12.0 Å². The van der Waals surface area contributed by atoms with Crippen LogP contribution < -0.4 is 0 Å². The number of hydrogen-bond acceptors (Lipinski definition) is 5. The van der Waals surface area contributed by atoms with Crippen LogP contribution in [0.15, 0.2) is 37.5 Å². The van der Waals surface area contributed by atoms with Gasteiger partial charge in [-0.25, -0.2) is 9.86 Å². The van der Waals surface area contributed by atoms with Crippen LogP contribution in [0.25, 0.3) is 0 Å². The van der Waals surface area contributed by atoms with Crippen LogP contribution in [0.5, 0.6) is 0 Å². The van der Waals surface area contributed by atoms with Crippen molar-refractivity contribution in [3.8, 4) is 0 Å². The number of aliphatic hydroxyl groups is 1. The van der Waals surface area contributed by atoms with Crippen LogP contribution in [0.3, 0.4) is 0 Å². The first-order valence-electron chi connectivity index (χ1n) is 6.89. The number of carbonyl (C=O) groups is 2. The van der Waals surface area contributed by atoms with Gasteiger partial charge in [0.15, 0.2) is 0 Å². The maximum absolute atomic E-state index is 12.0. The summed E-state index contributed by atoms with van der Waals surface area (Å²) in [7, 11) is 0. The van der Waals surface area contributed by atoms with Gasteiger partial charge in [-0.3, -0.25) is 14.5 Å². The topological polar surface area (TPSA) is 79.3 Å². The number of hydroxylamine groups is 2. The number of nitrogens with zero attached hydrogens (tertiary/aromatic N) is 2. The van der Waals surface area contributed by atoms with Crippen molar-refractivity contribution in [1.29, 1.82) is 0 Å². The number of ether oxygens (including phenoxy) is 1. The predicted octanol–water partition coefficient (Wildman–Crippen LogP) is 0.876. The van der Waals surface area contributed by atoms with Crippen molar-refractivity contribution < 1.29 is 24.3 Å². The lowest BCUT2D eigenvalue weighted by Gasteiger charge is -2.27.